The fourth-order valence-corrected chi connectivity index (χ4v) is 1.73. The third kappa shape index (κ3) is 4.17. The van der Waals surface area contributed by atoms with Gasteiger partial charge in [0.1, 0.15) is 5.75 Å². The van der Waals surface area contributed by atoms with Gasteiger partial charge in [-0.1, -0.05) is 6.07 Å². The summed E-state index contributed by atoms with van der Waals surface area (Å²) in [6.07, 6.45) is -0.108. The van der Waals surface area contributed by atoms with Crippen LogP contribution in [0, 0.1) is 13.8 Å². The summed E-state index contributed by atoms with van der Waals surface area (Å²) < 4.78 is 5.26. The molecule has 1 rings (SSSR count). The van der Waals surface area contributed by atoms with E-state index < -0.39 is 12.0 Å². The molecule has 0 saturated carbocycles. The van der Waals surface area contributed by atoms with Crippen LogP contribution in [-0.2, 0) is 4.79 Å². The number of carboxylic acids is 1. The molecule has 1 aromatic carbocycles. The van der Waals surface area contributed by atoms with Crippen LogP contribution in [0.3, 0.4) is 0 Å². The second-order valence-corrected chi connectivity index (χ2v) is 4.11. The zero-order valence-electron chi connectivity index (χ0n) is 11.2. The van der Waals surface area contributed by atoms with Gasteiger partial charge in [-0.3, -0.25) is 4.79 Å². The van der Waals surface area contributed by atoms with Gasteiger partial charge < -0.3 is 20.5 Å². The highest BCUT2D eigenvalue weighted by molar-refractivity contribution is 5.90. The number of carboxylic acid groups (broad SMARTS) is 1. The number of hydrogen-bond donors (Lipinski definition) is 3. The monoisotopic (exact) mass is 266 g/mol. The topological polar surface area (TPSA) is 87.7 Å². The van der Waals surface area contributed by atoms with Gasteiger partial charge in [0.05, 0.1) is 13.5 Å². The highest BCUT2D eigenvalue weighted by atomic mass is 16.5. The Morgan fingerprint density at radius 3 is 2.58 bits per heavy atom. The van der Waals surface area contributed by atoms with Crippen molar-refractivity contribution in [3.05, 3.63) is 23.3 Å². The van der Waals surface area contributed by atoms with Gasteiger partial charge in [0.15, 0.2) is 0 Å². The number of aryl methyl sites for hydroxylation is 1. The van der Waals surface area contributed by atoms with Crippen LogP contribution in [0.5, 0.6) is 5.75 Å². The molecule has 0 aromatic heterocycles. The van der Waals surface area contributed by atoms with E-state index in [2.05, 4.69) is 10.6 Å². The van der Waals surface area contributed by atoms with E-state index in [1.807, 2.05) is 19.9 Å². The normalized spacial score (nSPS) is 9.84. The summed E-state index contributed by atoms with van der Waals surface area (Å²) in [5.74, 6) is -0.225. The van der Waals surface area contributed by atoms with Crippen LogP contribution in [0.2, 0.25) is 0 Å². The molecule has 3 N–H and O–H groups in total. The number of aliphatic carboxylic acids is 1. The smallest absolute Gasteiger partial charge is 0.319 e. The van der Waals surface area contributed by atoms with Crippen molar-refractivity contribution < 1.29 is 19.4 Å². The van der Waals surface area contributed by atoms with Gasteiger partial charge >= 0.3 is 12.0 Å². The summed E-state index contributed by atoms with van der Waals surface area (Å²) in [5, 5.41) is 13.6. The van der Waals surface area contributed by atoms with Crippen molar-refractivity contribution >= 4 is 17.7 Å². The first-order valence-electron chi connectivity index (χ1n) is 5.86. The first-order chi connectivity index (χ1) is 8.95. The summed E-state index contributed by atoms with van der Waals surface area (Å²) in [6, 6.07) is 3.19. The number of anilines is 1. The SMILES string of the molecule is COc1c(C)ccc(NC(=O)NCCC(=O)O)c1C. The summed E-state index contributed by atoms with van der Waals surface area (Å²) in [4.78, 5) is 21.9. The number of benzene rings is 1. The third-order valence-electron chi connectivity index (χ3n) is 2.68. The molecular weight excluding hydrogens is 248 g/mol. The molecule has 0 aliphatic carbocycles. The van der Waals surface area contributed by atoms with E-state index in [9.17, 15) is 9.59 Å². The van der Waals surface area contributed by atoms with Crippen molar-refractivity contribution in [3.8, 4) is 5.75 Å². The van der Waals surface area contributed by atoms with E-state index >= 15 is 0 Å². The molecule has 0 spiro atoms. The van der Waals surface area contributed by atoms with Crippen molar-refractivity contribution in [3.63, 3.8) is 0 Å². The lowest BCUT2D eigenvalue weighted by Gasteiger charge is -2.14. The molecule has 0 unspecified atom stereocenters. The molecule has 0 fully saturated rings. The molecule has 6 heteroatoms. The van der Waals surface area contributed by atoms with Crippen molar-refractivity contribution in [2.45, 2.75) is 20.3 Å². The average Bonchev–Trinajstić information content (AvgIpc) is 2.33. The van der Waals surface area contributed by atoms with Crippen molar-refractivity contribution in [1.82, 2.24) is 5.32 Å². The van der Waals surface area contributed by atoms with Crippen LogP contribution in [0.25, 0.3) is 0 Å². The van der Waals surface area contributed by atoms with Gasteiger partial charge in [-0.25, -0.2) is 4.79 Å². The van der Waals surface area contributed by atoms with Crippen LogP contribution >= 0.6 is 0 Å². The van der Waals surface area contributed by atoms with E-state index in [-0.39, 0.29) is 13.0 Å². The Bertz CT molecular complexity index is 486. The van der Waals surface area contributed by atoms with Crippen molar-refractivity contribution in [2.24, 2.45) is 0 Å². The number of carbonyl (C=O) groups excluding carboxylic acids is 1. The minimum atomic E-state index is -0.950. The maximum Gasteiger partial charge on any atom is 0.319 e. The van der Waals surface area contributed by atoms with Crippen molar-refractivity contribution in [1.29, 1.82) is 0 Å². The fraction of sp³-hybridized carbons (Fsp3) is 0.385. The van der Waals surface area contributed by atoms with E-state index in [1.54, 1.807) is 13.2 Å². The Morgan fingerprint density at radius 1 is 1.32 bits per heavy atom. The molecular formula is C13H18N2O4. The Kier molecular flexibility index (Phi) is 5.17. The molecule has 19 heavy (non-hydrogen) atoms. The van der Waals surface area contributed by atoms with Gasteiger partial charge in [0.2, 0.25) is 0 Å². The lowest BCUT2D eigenvalue weighted by molar-refractivity contribution is -0.136. The number of urea groups is 1. The summed E-state index contributed by atoms with van der Waals surface area (Å²) in [7, 11) is 1.58. The highest BCUT2D eigenvalue weighted by Crippen LogP contribution is 2.28. The fourth-order valence-electron chi connectivity index (χ4n) is 1.73. The minimum Gasteiger partial charge on any atom is -0.496 e. The lowest BCUT2D eigenvalue weighted by Crippen LogP contribution is -2.30. The Balaban J connectivity index is 2.67. The Morgan fingerprint density at radius 2 is 2.00 bits per heavy atom. The largest absolute Gasteiger partial charge is 0.496 e. The number of hydrogen-bond acceptors (Lipinski definition) is 3. The summed E-state index contributed by atoms with van der Waals surface area (Å²) in [6.45, 7) is 3.85. The number of amides is 2. The van der Waals surface area contributed by atoms with Crippen LogP contribution in [0.1, 0.15) is 17.5 Å². The van der Waals surface area contributed by atoms with E-state index in [4.69, 9.17) is 9.84 Å². The second kappa shape index (κ2) is 6.63. The average molecular weight is 266 g/mol. The summed E-state index contributed by atoms with van der Waals surface area (Å²) in [5.41, 5.74) is 2.45. The molecule has 0 heterocycles. The molecule has 0 atom stereocenters. The summed E-state index contributed by atoms with van der Waals surface area (Å²) >= 11 is 0. The number of nitrogens with one attached hydrogen (secondary N) is 2. The first-order valence-corrected chi connectivity index (χ1v) is 5.86. The maximum absolute atomic E-state index is 11.6. The predicted octanol–water partition coefficient (Wildman–Crippen LogP) is 1.91. The Hall–Kier alpha value is -2.24. The predicted molar refractivity (Wildman–Crippen MR) is 71.7 cm³/mol. The second-order valence-electron chi connectivity index (χ2n) is 4.11. The number of carbonyl (C=O) groups is 2. The molecule has 0 radical (unpaired) electrons. The highest BCUT2D eigenvalue weighted by Gasteiger charge is 2.10. The number of ether oxygens (including phenoxy) is 1. The third-order valence-corrected chi connectivity index (χ3v) is 2.68. The zero-order valence-corrected chi connectivity index (χ0v) is 11.2. The number of rotatable bonds is 5. The van der Waals surface area contributed by atoms with E-state index in [0.29, 0.717) is 5.69 Å². The van der Waals surface area contributed by atoms with Crippen LogP contribution in [0.15, 0.2) is 12.1 Å². The van der Waals surface area contributed by atoms with Crippen LogP contribution < -0.4 is 15.4 Å². The van der Waals surface area contributed by atoms with Gasteiger partial charge in [0, 0.05) is 17.8 Å². The molecule has 6 nitrogen and oxygen atoms in total. The van der Waals surface area contributed by atoms with Gasteiger partial charge in [-0.15, -0.1) is 0 Å². The van der Waals surface area contributed by atoms with Gasteiger partial charge in [-0.05, 0) is 25.5 Å². The molecule has 2 amide bonds. The molecule has 1 aromatic rings. The Labute approximate surface area is 111 Å². The molecule has 0 aliphatic rings. The van der Waals surface area contributed by atoms with Crippen LogP contribution in [-0.4, -0.2) is 30.8 Å². The molecule has 104 valence electrons. The van der Waals surface area contributed by atoms with E-state index in [0.717, 1.165) is 16.9 Å². The van der Waals surface area contributed by atoms with Crippen LogP contribution in [0.4, 0.5) is 10.5 Å². The standard InChI is InChI=1S/C13H18N2O4/c1-8-4-5-10(9(2)12(8)19-3)15-13(18)14-7-6-11(16)17/h4-5H,6-7H2,1-3H3,(H,16,17)(H2,14,15,18). The van der Waals surface area contributed by atoms with E-state index in [1.165, 1.54) is 0 Å². The quantitative estimate of drug-likeness (QED) is 0.759. The minimum absolute atomic E-state index is 0.0865. The first kappa shape index (κ1) is 14.8. The molecule has 0 bridgehead atoms. The van der Waals surface area contributed by atoms with Crippen molar-refractivity contribution in [2.75, 3.05) is 19.0 Å². The number of methoxy groups -OCH3 is 1. The lowest BCUT2D eigenvalue weighted by atomic mass is 10.1. The zero-order chi connectivity index (χ0) is 14.4. The molecule has 0 aliphatic heterocycles. The van der Waals surface area contributed by atoms with Gasteiger partial charge in [0.25, 0.3) is 0 Å². The van der Waals surface area contributed by atoms with Gasteiger partial charge in [-0.2, -0.15) is 0 Å². The molecule has 0 saturated heterocycles. The maximum atomic E-state index is 11.6.